The number of rotatable bonds is 6. The van der Waals surface area contributed by atoms with E-state index in [1.54, 1.807) is 12.1 Å². The van der Waals surface area contributed by atoms with Crippen LogP contribution in [-0.4, -0.2) is 32.2 Å². The zero-order chi connectivity index (χ0) is 19.5. The fraction of sp³-hybridized carbons (Fsp3) is 0.263. The Balaban J connectivity index is 1.60. The van der Waals surface area contributed by atoms with Crippen molar-refractivity contribution in [3.8, 4) is 0 Å². The minimum absolute atomic E-state index is 0.132. The van der Waals surface area contributed by atoms with Crippen molar-refractivity contribution in [2.24, 2.45) is 0 Å². The zero-order valence-corrected chi connectivity index (χ0v) is 15.9. The summed E-state index contributed by atoms with van der Waals surface area (Å²) in [5.74, 6) is 1.39. The quantitative estimate of drug-likeness (QED) is 0.507. The standard InChI is InChI=1S/C19H19N5O3S/c25-24(26)16-9-3-4-10-17(16)28(27)20-13-18-21-15-8-2-1-7-14(15)19(22-18)23-11-5-6-12-23/h1-4,7-10,20H,5-6,11-13H2. The van der Waals surface area contributed by atoms with Crippen molar-refractivity contribution in [2.45, 2.75) is 24.3 Å². The van der Waals surface area contributed by atoms with Crippen molar-refractivity contribution in [1.82, 2.24) is 14.7 Å². The summed E-state index contributed by atoms with van der Waals surface area (Å²) >= 11 is 0. The highest BCUT2D eigenvalue weighted by atomic mass is 32.2. The molecule has 1 aromatic heterocycles. The average Bonchev–Trinajstić information content (AvgIpc) is 3.26. The molecule has 2 aromatic carbocycles. The Bertz CT molecular complexity index is 1050. The second-order valence-corrected chi connectivity index (χ2v) is 7.76. The van der Waals surface area contributed by atoms with E-state index in [1.807, 2.05) is 24.3 Å². The van der Waals surface area contributed by atoms with E-state index in [1.165, 1.54) is 12.1 Å². The summed E-state index contributed by atoms with van der Waals surface area (Å²) in [6.45, 7) is 2.05. The molecular weight excluding hydrogens is 378 g/mol. The van der Waals surface area contributed by atoms with Gasteiger partial charge in [0.05, 0.1) is 17.0 Å². The van der Waals surface area contributed by atoms with Crippen LogP contribution in [0.25, 0.3) is 10.9 Å². The van der Waals surface area contributed by atoms with Crippen molar-refractivity contribution in [3.05, 3.63) is 64.5 Å². The van der Waals surface area contributed by atoms with Crippen LogP contribution < -0.4 is 9.62 Å². The monoisotopic (exact) mass is 397 g/mol. The lowest BCUT2D eigenvalue weighted by molar-refractivity contribution is -0.387. The molecule has 0 amide bonds. The van der Waals surface area contributed by atoms with Crippen molar-refractivity contribution >= 4 is 33.4 Å². The van der Waals surface area contributed by atoms with E-state index in [0.717, 1.165) is 42.7 Å². The summed E-state index contributed by atoms with van der Waals surface area (Å²) in [6, 6.07) is 13.8. The molecule has 2 heterocycles. The predicted molar refractivity (Wildman–Crippen MR) is 107 cm³/mol. The number of nitro groups is 1. The summed E-state index contributed by atoms with van der Waals surface area (Å²) in [6.07, 6.45) is 2.27. The molecule has 1 unspecified atom stereocenters. The molecule has 0 radical (unpaired) electrons. The number of para-hydroxylation sites is 2. The number of aromatic nitrogens is 2. The van der Waals surface area contributed by atoms with Gasteiger partial charge in [-0.25, -0.2) is 18.9 Å². The molecule has 1 atom stereocenters. The van der Waals surface area contributed by atoms with Crippen molar-refractivity contribution < 1.29 is 9.13 Å². The van der Waals surface area contributed by atoms with E-state index in [9.17, 15) is 14.3 Å². The molecule has 1 aliphatic heterocycles. The summed E-state index contributed by atoms with van der Waals surface area (Å²) < 4.78 is 15.4. The van der Waals surface area contributed by atoms with Crippen molar-refractivity contribution in [3.63, 3.8) is 0 Å². The lowest BCUT2D eigenvalue weighted by Crippen LogP contribution is -2.23. The molecule has 4 rings (SSSR count). The first kappa shape index (κ1) is 18.5. The first-order chi connectivity index (χ1) is 13.6. The molecule has 0 spiro atoms. The number of nitrogens with zero attached hydrogens (tertiary/aromatic N) is 4. The van der Waals surface area contributed by atoms with Gasteiger partial charge in [-0.15, -0.1) is 0 Å². The van der Waals surface area contributed by atoms with Crippen LogP contribution in [0.15, 0.2) is 53.4 Å². The maximum Gasteiger partial charge on any atom is 0.286 e. The molecule has 28 heavy (non-hydrogen) atoms. The third kappa shape index (κ3) is 3.71. The van der Waals surface area contributed by atoms with Crippen LogP contribution in [0.5, 0.6) is 0 Å². The maximum atomic E-state index is 12.6. The van der Waals surface area contributed by atoms with E-state index in [2.05, 4.69) is 14.6 Å². The van der Waals surface area contributed by atoms with Gasteiger partial charge in [0.1, 0.15) is 27.5 Å². The highest BCUT2D eigenvalue weighted by molar-refractivity contribution is 7.83. The molecule has 144 valence electrons. The molecule has 1 saturated heterocycles. The van der Waals surface area contributed by atoms with E-state index < -0.39 is 15.9 Å². The largest absolute Gasteiger partial charge is 0.356 e. The Kier molecular flexibility index (Phi) is 5.27. The predicted octanol–water partition coefficient (Wildman–Crippen LogP) is 2.95. The molecule has 1 N–H and O–H groups in total. The molecule has 9 heteroatoms. The first-order valence-electron chi connectivity index (χ1n) is 9.03. The van der Waals surface area contributed by atoms with Crippen LogP contribution >= 0.6 is 0 Å². The van der Waals surface area contributed by atoms with Gasteiger partial charge in [-0.3, -0.25) is 10.1 Å². The fourth-order valence-electron chi connectivity index (χ4n) is 3.33. The third-order valence-corrected chi connectivity index (χ3v) is 5.81. The number of anilines is 1. The summed E-state index contributed by atoms with van der Waals surface area (Å²) in [7, 11) is -1.74. The van der Waals surface area contributed by atoms with Gasteiger partial charge >= 0.3 is 0 Å². The SMILES string of the molecule is O=[N+]([O-])c1ccccc1S(=O)NCc1nc(N2CCCC2)c2ccccc2n1. The van der Waals surface area contributed by atoms with Gasteiger partial charge in [0.15, 0.2) is 0 Å². The topological polar surface area (TPSA) is 101 Å². The maximum absolute atomic E-state index is 12.6. The van der Waals surface area contributed by atoms with E-state index in [0.29, 0.717) is 5.82 Å². The zero-order valence-electron chi connectivity index (χ0n) is 15.1. The number of nitro benzene ring substituents is 1. The average molecular weight is 397 g/mol. The van der Waals surface area contributed by atoms with Gasteiger partial charge in [0, 0.05) is 24.5 Å². The Labute approximate surface area is 164 Å². The van der Waals surface area contributed by atoms with Gasteiger partial charge in [-0.2, -0.15) is 0 Å². The highest BCUT2D eigenvalue weighted by Crippen LogP contribution is 2.27. The van der Waals surface area contributed by atoms with Gasteiger partial charge < -0.3 is 4.90 Å². The second kappa shape index (κ2) is 7.99. The van der Waals surface area contributed by atoms with Crippen LogP contribution in [0.4, 0.5) is 11.5 Å². The van der Waals surface area contributed by atoms with Crippen LogP contribution in [0.2, 0.25) is 0 Å². The Morgan fingerprint density at radius 1 is 1.07 bits per heavy atom. The molecular formula is C19H19N5O3S. The Morgan fingerprint density at radius 2 is 1.79 bits per heavy atom. The van der Waals surface area contributed by atoms with E-state index in [4.69, 9.17) is 4.98 Å². The van der Waals surface area contributed by atoms with Gasteiger partial charge in [0.2, 0.25) is 0 Å². The van der Waals surface area contributed by atoms with Crippen molar-refractivity contribution in [2.75, 3.05) is 18.0 Å². The molecule has 0 aliphatic carbocycles. The highest BCUT2D eigenvalue weighted by Gasteiger charge is 2.20. The lowest BCUT2D eigenvalue weighted by Gasteiger charge is -2.19. The molecule has 0 bridgehead atoms. The Morgan fingerprint density at radius 3 is 2.57 bits per heavy atom. The minimum atomic E-state index is -1.74. The van der Waals surface area contributed by atoms with Crippen LogP contribution in [0, 0.1) is 10.1 Å². The Hall–Kier alpha value is -2.91. The molecule has 3 aromatic rings. The molecule has 1 aliphatic rings. The molecule has 8 nitrogen and oxygen atoms in total. The van der Waals surface area contributed by atoms with Gasteiger partial charge in [-0.05, 0) is 31.0 Å². The van der Waals surface area contributed by atoms with E-state index >= 15 is 0 Å². The number of benzene rings is 2. The third-order valence-electron chi connectivity index (χ3n) is 4.66. The van der Waals surface area contributed by atoms with Gasteiger partial charge in [0.25, 0.3) is 5.69 Å². The van der Waals surface area contributed by atoms with Crippen molar-refractivity contribution in [1.29, 1.82) is 0 Å². The lowest BCUT2D eigenvalue weighted by atomic mass is 10.2. The second-order valence-electron chi connectivity index (χ2n) is 6.49. The number of fused-ring (bicyclic) bond motifs is 1. The van der Waals surface area contributed by atoms with Crippen LogP contribution in [0.3, 0.4) is 0 Å². The number of hydrogen-bond acceptors (Lipinski definition) is 6. The van der Waals surface area contributed by atoms with Gasteiger partial charge in [-0.1, -0.05) is 24.3 Å². The molecule has 1 fully saturated rings. The first-order valence-corrected chi connectivity index (χ1v) is 10.2. The summed E-state index contributed by atoms with van der Waals surface area (Å²) in [4.78, 5) is 22.2. The summed E-state index contributed by atoms with van der Waals surface area (Å²) in [5.41, 5.74) is 0.651. The normalized spacial score (nSPS) is 15.1. The number of nitrogens with one attached hydrogen (secondary N) is 1. The molecule has 0 saturated carbocycles. The van der Waals surface area contributed by atoms with Crippen LogP contribution in [-0.2, 0) is 17.5 Å². The van der Waals surface area contributed by atoms with E-state index in [-0.39, 0.29) is 17.1 Å². The minimum Gasteiger partial charge on any atom is -0.356 e. The number of hydrogen-bond donors (Lipinski definition) is 1. The fourth-order valence-corrected chi connectivity index (χ4v) is 4.28. The smallest absolute Gasteiger partial charge is 0.286 e. The van der Waals surface area contributed by atoms with Crippen LogP contribution in [0.1, 0.15) is 18.7 Å². The summed E-state index contributed by atoms with van der Waals surface area (Å²) in [5, 5.41) is 12.1.